The fraction of sp³-hybridized carbons (Fsp3) is 0.214. The van der Waals surface area contributed by atoms with E-state index in [-0.39, 0.29) is 12.2 Å². The van der Waals surface area contributed by atoms with E-state index in [0.29, 0.717) is 22.0 Å². The first-order valence-corrected chi connectivity index (χ1v) is 6.10. The van der Waals surface area contributed by atoms with Crippen molar-refractivity contribution in [2.45, 2.75) is 6.61 Å². The quantitative estimate of drug-likeness (QED) is 0.937. The molecule has 0 saturated carbocycles. The number of benzene rings is 1. The average molecular weight is 280 g/mol. The molecule has 1 aromatic carbocycles. The van der Waals surface area contributed by atoms with Crippen LogP contribution in [0.2, 0.25) is 5.02 Å². The molecule has 0 unspecified atom stereocenters. The number of rotatable bonds is 3. The van der Waals surface area contributed by atoms with Crippen LogP contribution in [0.1, 0.15) is 5.56 Å². The standard InChI is InChI=1S/C14H14ClNO3/c1-16-12(5-3-9(8-17)14(16)18)11-7-10(15)4-6-13(11)19-2/h3-7,17H,8H2,1-2H3. The third-order valence-electron chi connectivity index (χ3n) is 2.99. The van der Waals surface area contributed by atoms with E-state index >= 15 is 0 Å². The lowest BCUT2D eigenvalue weighted by Crippen LogP contribution is -2.22. The second-order valence-corrected chi connectivity index (χ2v) is 4.55. The number of methoxy groups -OCH3 is 1. The van der Waals surface area contributed by atoms with Gasteiger partial charge in [0, 0.05) is 23.2 Å². The van der Waals surface area contributed by atoms with E-state index in [4.69, 9.17) is 21.4 Å². The summed E-state index contributed by atoms with van der Waals surface area (Å²) in [6.07, 6.45) is 0. The summed E-state index contributed by atoms with van der Waals surface area (Å²) in [6.45, 7) is -0.278. The van der Waals surface area contributed by atoms with E-state index in [1.165, 1.54) is 4.57 Å². The number of aliphatic hydroxyl groups excluding tert-OH is 1. The lowest BCUT2D eigenvalue weighted by molar-refractivity contribution is 0.279. The molecule has 0 aliphatic heterocycles. The molecule has 1 N–H and O–H groups in total. The van der Waals surface area contributed by atoms with E-state index in [9.17, 15) is 4.79 Å². The maximum Gasteiger partial charge on any atom is 0.256 e. The van der Waals surface area contributed by atoms with Gasteiger partial charge in [-0.2, -0.15) is 0 Å². The SMILES string of the molecule is COc1ccc(Cl)cc1-c1ccc(CO)c(=O)n1C. The molecule has 1 aromatic heterocycles. The van der Waals surface area contributed by atoms with Crippen molar-refractivity contribution in [2.24, 2.45) is 7.05 Å². The Balaban J connectivity index is 2.69. The van der Waals surface area contributed by atoms with Crippen LogP contribution in [0.4, 0.5) is 0 Å². The number of aliphatic hydroxyl groups is 1. The number of ether oxygens (including phenoxy) is 1. The van der Waals surface area contributed by atoms with Crippen molar-refractivity contribution in [1.82, 2.24) is 4.57 Å². The molecule has 0 amide bonds. The summed E-state index contributed by atoms with van der Waals surface area (Å²) in [5.74, 6) is 0.635. The molecule has 1 heterocycles. The molecule has 5 heteroatoms. The summed E-state index contributed by atoms with van der Waals surface area (Å²) in [5.41, 5.74) is 1.54. The lowest BCUT2D eigenvalue weighted by atomic mass is 10.1. The summed E-state index contributed by atoms with van der Waals surface area (Å²) in [7, 11) is 3.21. The van der Waals surface area contributed by atoms with Crippen molar-refractivity contribution in [3.05, 3.63) is 51.3 Å². The van der Waals surface area contributed by atoms with Crippen molar-refractivity contribution < 1.29 is 9.84 Å². The highest BCUT2D eigenvalue weighted by Crippen LogP contribution is 2.31. The van der Waals surface area contributed by atoms with Crippen molar-refractivity contribution >= 4 is 11.6 Å². The van der Waals surface area contributed by atoms with Crippen LogP contribution in [-0.2, 0) is 13.7 Å². The minimum Gasteiger partial charge on any atom is -0.496 e. The maximum absolute atomic E-state index is 12.0. The minimum absolute atomic E-state index is 0.234. The van der Waals surface area contributed by atoms with E-state index in [1.54, 1.807) is 44.5 Å². The molecule has 0 spiro atoms. The van der Waals surface area contributed by atoms with Crippen molar-refractivity contribution in [2.75, 3.05) is 7.11 Å². The van der Waals surface area contributed by atoms with Gasteiger partial charge < -0.3 is 14.4 Å². The molecule has 19 heavy (non-hydrogen) atoms. The van der Waals surface area contributed by atoms with Gasteiger partial charge in [-0.15, -0.1) is 0 Å². The van der Waals surface area contributed by atoms with Gasteiger partial charge in [0.15, 0.2) is 0 Å². The third kappa shape index (κ3) is 2.50. The topological polar surface area (TPSA) is 51.5 Å². The number of hydrogen-bond acceptors (Lipinski definition) is 3. The second-order valence-electron chi connectivity index (χ2n) is 4.11. The van der Waals surface area contributed by atoms with Crippen molar-refractivity contribution in [1.29, 1.82) is 0 Å². The average Bonchev–Trinajstić information content (AvgIpc) is 2.42. The number of hydrogen-bond donors (Lipinski definition) is 1. The Morgan fingerprint density at radius 3 is 2.68 bits per heavy atom. The smallest absolute Gasteiger partial charge is 0.256 e. The summed E-state index contributed by atoms with van der Waals surface area (Å²) in [6, 6.07) is 8.60. The van der Waals surface area contributed by atoms with Crippen LogP contribution in [0.5, 0.6) is 5.75 Å². The first kappa shape index (κ1) is 13.6. The highest BCUT2D eigenvalue weighted by atomic mass is 35.5. The highest BCUT2D eigenvalue weighted by molar-refractivity contribution is 6.30. The number of aromatic nitrogens is 1. The normalized spacial score (nSPS) is 10.5. The van der Waals surface area contributed by atoms with E-state index < -0.39 is 0 Å². The Kier molecular flexibility index (Phi) is 3.93. The van der Waals surface area contributed by atoms with Crippen LogP contribution in [0.25, 0.3) is 11.3 Å². The van der Waals surface area contributed by atoms with Crippen LogP contribution in [0, 0.1) is 0 Å². The largest absolute Gasteiger partial charge is 0.496 e. The Morgan fingerprint density at radius 2 is 2.05 bits per heavy atom. The molecule has 4 nitrogen and oxygen atoms in total. The second kappa shape index (κ2) is 5.47. The Labute approximate surface area is 115 Å². The van der Waals surface area contributed by atoms with E-state index in [0.717, 1.165) is 5.56 Å². The summed E-state index contributed by atoms with van der Waals surface area (Å²) in [4.78, 5) is 12.0. The highest BCUT2D eigenvalue weighted by Gasteiger charge is 2.12. The molecule has 2 rings (SSSR count). The van der Waals surface area contributed by atoms with Gasteiger partial charge in [-0.3, -0.25) is 4.79 Å². The van der Waals surface area contributed by atoms with Gasteiger partial charge >= 0.3 is 0 Å². The summed E-state index contributed by atoms with van der Waals surface area (Å²) in [5, 5.41) is 9.65. The summed E-state index contributed by atoms with van der Waals surface area (Å²) < 4.78 is 6.75. The van der Waals surface area contributed by atoms with Crippen LogP contribution >= 0.6 is 11.6 Å². The monoisotopic (exact) mass is 279 g/mol. The van der Waals surface area contributed by atoms with Gasteiger partial charge in [-0.25, -0.2) is 0 Å². The molecule has 0 bridgehead atoms. The molecular formula is C14H14ClNO3. The third-order valence-corrected chi connectivity index (χ3v) is 3.23. The van der Waals surface area contributed by atoms with E-state index in [2.05, 4.69) is 0 Å². The Hall–Kier alpha value is -1.78. The fourth-order valence-electron chi connectivity index (χ4n) is 1.96. The van der Waals surface area contributed by atoms with Crippen LogP contribution < -0.4 is 10.3 Å². The molecule has 0 saturated heterocycles. The predicted molar refractivity (Wildman–Crippen MR) is 74.6 cm³/mol. The molecular weight excluding hydrogens is 266 g/mol. The van der Waals surface area contributed by atoms with Gasteiger partial charge in [-0.1, -0.05) is 11.6 Å². The Bertz CT molecular complexity index is 664. The first-order chi connectivity index (χ1) is 9.08. The molecule has 0 fully saturated rings. The molecule has 0 radical (unpaired) electrons. The van der Waals surface area contributed by atoms with Crippen LogP contribution in [0.15, 0.2) is 35.1 Å². The maximum atomic E-state index is 12.0. The van der Waals surface area contributed by atoms with Crippen LogP contribution in [0.3, 0.4) is 0 Å². The van der Waals surface area contributed by atoms with Crippen molar-refractivity contribution in [3.8, 4) is 17.0 Å². The lowest BCUT2D eigenvalue weighted by Gasteiger charge is -2.13. The minimum atomic E-state index is -0.278. The molecule has 2 aromatic rings. The fourth-order valence-corrected chi connectivity index (χ4v) is 2.13. The van der Waals surface area contributed by atoms with Gasteiger partial charge in [-0.05, 0) is 30.3 Å². The molecule has 0 aliphatic carbocycles. The number of nitrogens with zero attached hydrogens (tertiary/aromatic N) is 1. The Morgan fingerprint density at radius 1 is 1.32 bits per heavy atom. The zero-order chi connectivity index (χ0) is 14.0. The zero-order valence-corrected chi connectivity index (χ0v) is 11.4. The van der Waals surface area contributed by atoms with Crippen molar-refractivity contribution in [3.63, 3.8) is 0 Å². The van der Waals surface area contributed by atoms with Gasteiger partial charge in [0.1, 0.15) is 5.75 Å². The number of pyridine rings is 1. The van der Waals surface area contributed by atoms with Gasteiger partial charge in [0.25, 0.3) is 5.56 Å². The summed E-state index contributed by atoms with van der Waals surface area (Å²) >= 11 is 5.99. The van der Waals surface area contributed by atoms with E-state index in [1.807, 2.05) is 0 Å². The molecule has 0 atom stereocenters. The van der Waals surface area contributed by atoms with Gasteiger partial charge in [0.05, 0.1) is 19.4 Å². The van der Waals surface area contributed by atoms with Crippen LogP contribution in [-0.4, -0.2) is 16.8 Å². The zero-order valence-electron chi connectivity index (χ0n) is 10.7. The molecule has 0 aliphatic rings. The number of halogens is 1. The molecule has 100 valence electrons. The predicted octanol–water partition coefficient (Wildman–Crippen LogP) is 2.21. The first-order valence-electron chi connectivity index (χ1n) is 5.72. The van der Waals surface area contributed by atoms with Gasteiger partial charge in [0.2, 0.25) is 0 Å².